The zero-order valence-electron chi connectivity index (χ0n) is 94.8. The summed E-state index contributed by atoms with van der Waals surface area (Å²) in [6, 6.07) is 9.48. The van der Waals surface area contributed by atoms with E-state index in [0.29, 0.717) is 188 Å². The molecule has 147 heavy (non-hydrogen) atoms. The SMILES string of the molecule is CCCCC(CC)COC(=NC(=O)OC)SC.CCCCC(CC)COC(=NC(=O)OCC)SC.CCCOC(=NC(=O)OC)SC.CCOC(=NC(=O)OC)SC.CCOC(=O)N=C(OC)SC.CCOC(=O)N=C(OCCC(C)CC(C)(C)C)SC.CCOC(=O)N=C(OCCC(C)CCCC(C)C)SC.CCOC(=O)N=C(OCCOC(C)C)SC.CCSC(=NC(=O)OCc1ccccc1)OCCOCC(C)C. The molecule has 0 N–H and O–H groups in total. The average Bonchev–Trinajstić information content (AvgIpc) is 0.940. The van der Waals surface area contributed by atoms with E-state index in [4.69, 9.17) is 71.1 Å². The molecule has 38 nitrogen and oxygen atoms in total. The van der Waals surface area contributed by atoms with Gasteiger partial charge in [0.15, 0.2) is 0 Å². The van der Waals surface area contributed by atoms with E-state index >= 15 is 0 Å². The highest BCUT2D eigenvalue weighted by Crippen LogP contribution is 2.27. The van der Waals surface area contributed by atoms with E-state index < -0.39 is 54.8 Å². The lowest BCUT2D eigenvalue weighted by Crippen LogP contribution is -2.14. The third kappa shape index (κ3) is 114. The number of benzene rings is 1. The lowest BCUT2D eigenvalue weighted by molar-refractivity contribution is 0.0535. The Morgan fingerprint density at radius 1 is 0.299 bits per heavy atom. The summed E-state index contributed by atoms with van der Waals surface area (Å²) in [5, 5.41) is 3.14. The number of amides is 9. The Kier molecular flexibility index (Phi) is 119. The molecule has 0 aliphatic heterocycles. The molecule has 0 aromatic heterocycles. The Balaban J connectivity index is -0.000000249. The fourth-order valence-corrected chi connectivity index (χ4v) is 13.4. The standard InChI is InChI=1S/C17H25NO4S.C15H29NO3S.C14H27NO3S.C13H25NO3S.C12H23NO3S.C10H19NO4S.C7H13NO3S.2C6H11NO3S/c1-4-23-17(21-11-10-20-12-14(2)3)18-16(19)22-13-15-8-6-5-7-9-15;1-6-18-14(17)16-15(20-5)19-11-10-13(4)9-7-8-12(2)3;1-7-17-12(16)15-13(19-6)18-9-8-11(2)10-14(3,4)5;1-5-8-9-11(6-2)10-17-13(18-4)14-12(15)16-7-3;1-5-7-8-10(6-2)9-16-12(17-4)13-11(14)15-3;1-5-13-9(12)11-10(16-4)15-7-6-14-8(2)3;1-4-5-11-7(12-3)8-6(9)10-2;1-4-10-5(8)7-6(9-2)11-3;1-4-10-6(11-3)7-5(8)9-2/h5-9,14H,4,10-13H2,1-3H3;12-13H,6-11H2,1-5H3;11H,7-10H2,1-6H3;11H,5-10H2,1-4H3;10H,5-9H2,1-4H3;8H,5-7H2,1-4H3;4-5H2,1-3H3;2*4H2,1-3H3. The van der Waals surface area contributed by atoms with Gasteiger partial charge in [0.2, 0.25) is 0 Å². The van der Waals surface area contributed by atoms with Crippen molar-refractivity contribution < 1.29 is 138 Å². The Morgan fingerprint density at radius 2 is 0.626 bits per heavy atom. The van der Waals surface area contributed by atoms with Crippen molar-refractivity contribution in [3.05, 3.63) is 35.9 Å². The van der Waals surface area contributed by atoms with E-state index in [1.165, 1.54) is 179 Å². The summed E-state index contributed by atoms with van der Waals surface area (Å²) in [5.74, 6) is 4.32. The smallest absolute Gasteiger partial charge is 0.437 e. The van der Waals surface area contributed by atoms with Crippen LogP contribution in [0.3, 0.4) is 0 Å². The topological polar surface area (TPSA) is 449 Å². The maximum absolute atomic E-state index is 11.7. The van der Waals surface area contributed by atoms with Crippen LogP contribution in [0.15, 0.2) is 75.3 Å². The molecular formula is C100H183N9O29S9. The molecule has 1 aromatic rings. The van der Waals surface area contributed by atoms with E-state index in [0.717, 1.165) is 68.6 Å². The summed E-state index contributed by atoms with van der Waals surface area (Å²) in [4.78, 5) is 132. The number of ether oxygens (including phenoxy) is 20. The van der Waals surface area contributed by atoms with E-state index in [1.54, 1.807) is 59.6 Å². The largest absolute Gasteiger partial charge is 0.476 e. The molecular weight excluding hydrogens is 2080 g/mol. The van der Waals surface area contributed by atoms with Gasteiger partial charge in [-0.05, 0) is 196 Å². The van der Waals surface area contributed by atoms with Crippen LogP contribution in [0.5, 0.6) is 0 Å². The molecule has 47 heteroatoms. The van der Waals surface area contributed by atoms with Gasteiger partial charge in [-0.3, -0.25) is 0 Å². The van der Waals surface area contributed by atoms with Crippen LogP contribution in [0.4, 0.5) is 43.2 Å². The highest BCUT2D eigenvalue weighted by atomic mass is 32.2. The number of aliphatic imine (C=N–C) groups is 9. The van der Waals surface area contributed by atoms with Crippen LogP contribution in [0.2, 0.25) is 0 Å². The predicted molar refractivity (Wildman–Crippen MR) is 616 cm³/mol. The minimum atomic E-state index is -0.645. The van der Waals surface area contributed by atoms with Gasteiger partial charge in [-0.1, -0.05) is 298 Å². The van der Waals surface area contributed by atoms with Gasteiger partial charge >= 0.3 is 54.8 Å². The lowest BCUT2D eigenvalue weighted by Gasteiger charge is -2.23. The summed E-state index contributed by atoms with van der Waals surface area (Å²) >= 11 is 11.7. The van der Waals surface area contributed by atoms with Crippen molar-refractivity contribution in [2.75, 3.05) is 190 Å². The highest BCUT2D eigenvalue weighted by Gasteiger charge is 2.19. The number of carbonyl (C=O) groups is 9. The summed E-state index contributed by atoms with van der Waals surface area (Å²) in [7, 11) is 5.31. The van der Waals surface area contributed by atoms with Crippen molar-refractivity contribution >= 4 is 208 Å². The molecule has 0 saturated heterocycles. The normalized spacial score (nSPS) is 12.4. The summed E-state index contributed by atoms with van der Waals surface area (Å²) in [6.45, 7) is 54.6. The zero-order valence-corrected chi connectivity index (χ0v) is 102. The van der Waals surface area contributed by atoms with Gasteiger partial charge in [0, 0.05) is 6.61 Å². The van der Waals surface area contributed by atoms with E-state index in [-0.39, 0.29) is 12.7 Å². The van der Waals surface area contributed by atoms with Crippen molar-refractivity contribution in [3.8, 4) is 0 Å². The number of hydrogen-bond donors (Lipinski definition) is 0. The lowest BCUT2D eigenvalue weighted by atomic mass is 9.84. The Labute approximate surface area is 919 Å². The van der Waals surface area contributed by atoms with Gasteiger partial charge in [-0.15, -0.1) is 44.9 Å². The first kappa shape index (κ1) is 155. The maximum atomic E-state index is 11.7. The number of unbranched alkanes of at least 4 members (excludes halogenated alkanes) is 2. The molecule has 0 aliphatic rings. The first-order chi connectivity index (χ1) is 70.0. The number of rotatable bonds is 43. The first-order valence-corrected chi connectivity index (χ1v) is 60.1. The molecule has 0 heterocycles. The summed E-state index contributed by atoms with van der Waals surface area (Å²) < 4.78 is 100. The molecule has 0 saturated carbocycles. The van der Waals surface area contributed by atoms with Crippen LogP contribution in [-0.2, 0) is 101 Å². The fourth-order valence-electron chi connectivity index (χ4n) is 9.97. The summed E-state index contributed by atoms with van der Waals surface area (Å²) in [6.07, 6.45) is 26.2. The molecule has 4 atom stereocenters. The molecule has 856 valence electrons. The van der Waals surface area contributed by atoms with Crippen LogP contribution in [-0.4, -0.2) is 298 Å². The quantitative estimate of drug-likeness (QED) is 0.0254. The van der Waals surface area contributed by atoms with Gasteiger partial charge in [0.05, 0.1) is 120 Å². The molecule has 9 amide bonds. The van der Waals surface area contributed by atoms with Gasteiger partial charge in [0.25, 0.3) is 47.1 Å². The van der Waals surface area contributed by atoms with Gasteiger partial charge in [0.1, 0.15) is 19.8 Å². The Morgan fingerprint density at radius 3 is 0.946 bits per heavy atom. The van der Waals surface area contributed by atoms with Crippen molar-refractivity contribution in [1.82, 2.24) is 0 Å². The number of thioether (sulfide) groups is 9. The molecule has 0 radical (unpaired) electrons. The van der Waals surface area contributed by atoms with Crippen molar-refractivity contribution in [2.45, 2.75) is 268 Å². The minimum absolute atomic E-state index is 0.170. The number of hydrogen-bond acceptors (Lipinski definition) is 38. The van der Waals surface area contributed by atoms with E-state index in [9.17, 15) is 43.2 Å². The monoisotopic (exact) mass is 2260 g/mol. The molecule has 1 aromatic carbocycles. The molecule has 0 spiro atoms. The predicted octanol–water partition coefficient (Wildman–Crippen LogP) is 28.2. The molecule has 4 unspecified atom stereocenters. The van der Waals surface area contributed by atoms with Crippen LogP contribution in [0.25, 0.3) is 0 Å². The van der Waals surface area contributed by atoms with Crippen LogP contribution >= 0.6 is 106 Å². The fraction of sp³-hybridized carbons (Fsp3) is 0.760. The van der Waals surface area contributed by atoms with Crippen molar-refractivity contribution in [1.29, 1.82) is 0 Å². The summed E-state index contributed by atoms with van der Waals surface area (Å²) in [5.41, 5.74) is 1.25. The van der Waals surface area contributed by atoms with Gasteiger partial charge < -0.3 is 94.7 Å². The van der Waals surface area contributed by atoms with E-state index in [1.807, 2.05) is 90.0 Å². The maximum Gasteiger partial charge on any atom is 0.437 e. The molecule has 1 rings (SSSR count). The van der Waals surface area contributed by atoms with Gasteiger partial charge in [-0.2, -0.15) is 0 Å². The van der Waals surface area contributed by atoms with Crippen LogP contribution in [0, 0.1) is 40.9 Å². The number of nitrogens with zero attached hydrogens (tertiary/aromatic N) is 9. The third-order valence-corrected chi connectivity index (χ3v) is 22.3. The average molecular weight is 2260 g/mol. The Hall–Kier alpha value is -7.25. The minimum Gasteiger partial charge on any atom is -0.476 e. The zero-order chi connectivity index (χ0) is 113. The second-order valence-corrected chi connectivity index (χ2v) is 39.3. The third-order valence-electron chi connectivity index (χ3n) is 17.0. The second-order valence-electron chi connectivity index (χ2n) is 32.0. The van der Waals surface area contributed by atoms with Crippen LogP contribution < -0.4 is 0 Å². The van der Waals surface area contributed by atoms with Crippen molar-refractivity contribution in [2.24, 2.45) is 85.9 Å². The molecule has 0 fully saturated rings. The van der Waals surface area contributed by atoms with Crippen molar-refractivity contribution in [3.63, 3.8) is 0 Å². The molecule has 0 aliphatic carbocycles. The van der Waals surface area contributed by atoms with Gasteiger partial charge in [-0.25, -0.2) is 43.2 Å². The van der Waals surface area contributed by atoms with E-state index in [2.05, 4.69) is 159 Å². The first-order valence-electron chi connectivity index (χ1n) is 49.3. The molecule has 0 bridgehead atoms. The van der Waals surface area contributed by atoms with Crippen LogP contribution in [0.1, 0.15) is 261 Å². The number of carbonyl (C=O) groups excluding carboxylic acids is 9. The number of methoxy groups -OCH3 is 4. The highest BCUT2D eigenvalue weighted by molar-refractivity contribution is 8.15. The second kappa shape index (κ2) is 113. The Bertz CT molecular complexity index is 3730.